The van der Waals surface area contributed by atoms with Gasteiger partial charge in [-0.3, -0.25) is 4.90 Å². The quantitative estimate of drug-likeness (QED) is 0.244. The fourth-order valence-corrected chi connectivity index (χ4v) is 0.999. The van der Waals surface area contributed by atoms with E-state index in [-0.39, 0.29) is 6.04 Å². The van der Waals surface area contributed by atoms with Gasteiger partial charge in [-0.15, -0.1) is 0 Å². The minimum Gasteiger partial charge on any atom is -0.409 e. The maximum absolute atomic E-state index is 8.31. The lowest BCUT2D eigenvalue weighted by atomic mass is 10.1. The minimum atomic E-state index is 0.0961. The summed E-state index contributed by atoms with van der Waals surface area (Å²) >= 11 is 0. The average Bonchev–Trinajstić information content (AvgIpc) is 1.82. The summed E-state index contributed by atoms with van der Waals surface area (Å²) in [7, 11) is 0. The molecule has 10 heavy (non-hydrogen) atoms. The van der Waals surface area contributed by atoms with Gasteiger partial charge in [-0.25, -0.2) is 0 Å². The van der Waals surface area contributed by atoms with Gasteiger partial charge >= 0.3 is 0 Å². The largest absolute Gasteiger partial charge is 0.409 e. The van der Waals surface area contributed by atoms with E-state index >= 15 is 0 Å². The summed E-state index contributed by atoms with van der Waals surface area (Å²) in [6.07, 6.45) is 1.23. The molecule has 0 spiro atoms. The normalized spacial score (nSPS) is 23.9. The van der Waals surface area contributed by atoms with Crippen molar-refractivity contribution in [1.29, 1.82) is 0 Å². The number of hydrogen-bond acceptors (Lipinski definition) is 3. The fraction of sp³-hybridized carbons (Fsp3) is 0.833. The molecule has 1 aliphatic rings. The molecule has 0 aromatic carbocycles. The predicted octanol–water partition coefficient (Wildman–Crippen LogP) is -0.173. The van der Waals surface area contributed by atoms with Crippen LogP contribution in [0.1, 0.15) is 13.3 Å². The molecule has 1 fully saturated rings. The molecule has 0 aliphatic carbocycles. The van der Waals surface area contributed by atoms with Crippen LogP contribution >= 0.6 is 0 Å². The van der Waals surface area contributed by atoms with Gasteiger partial charge in [0.25, 0.3) is 0 Å². The summed E-state index contributed by atoms with van der Waals surface area (Å²) in [6, 6.07) is 0.0961. The van der Waals surface area contributed by atoms with E-state index in [0.29, 0.717) is 5.84 Å². The van der Waals surface area contributed by atoms with Crippen LogP contribution in [0.25, 0.3) is 0 Å². The lowest BCUT2D eigenvalue weighted by Gasteiger charge is -2.35. The average molecular weight is 143 g/mol. The van der Waals surface area contributed by atoms with Gasteiger partial charge < -0.3 is 10.9 Å². The molecular weight excluding hydrogens is 130 g/mol. The van der Waals surface area contributed by atoms with Gasteiger partial charge in [-0.2, -0.15) is 0 Å². The van der Waals surface area contributed by atoms with Crippen molar-refractivity contribution in [2.75, 3.05) is 13.1 Å². The van der Waals surface area contributed by atoms with Crippen LogP contribution in [0.3, 0.4) is 0 Å². The van der Waals surface area contributed by atoms with Gasteiger partial charge in [0.15, 0.2) is 5.84 Å². The molecule has 0 aromatic heterocycles. The van der Waals surface area contributed by atoms with Crippen LogP contribution in [-0.4, -0.2) is 35.1 Å². The molecule has 4 heteroatoms. The van der Waals surface area contributed by atoms with Crippen molar-refractivity contribution in [3.63, 3.8) is 0 Å². The van der Waals surface area contributed by atoms with Crippen LogP contribution in [-0.2, 0) is 0 Å². The minimum absolute atomic E-state index is 0.0961. The Hall–Kier alpha value is -0.770. The van der Waals surface area contributed by atoms with Crippen molar-refractivity contribution in [3.8, 4) is 0 Å². The van der Waals surface area contributed by atoms with Crippen LogP contribution in [0.4, 0.5) is 0 Å². The molecule has 3 N–H and O–H groups in total. The van der Waals surface area contributed by atoms with Gasteiger partial charge in [0.1, 0.15) is 0 Å². The van der Waals surface area contributed by atoms with E-state index in [1.54, 1.807) is 0 Å². The van der Waals surface area contributed by atoms with E-state index in [9.17, 15) is 0 Å². The smallest absolute Gasteiger partial charge is 0.156 e. The van der Waals surface area contributed by atoms with E-state index < -0.39 is 0 Å². The Labute approximate surface area is 60.3 Å². The number of nitrogens with zero attached hydrogens (tertiary/aromatic N) is 2. The van der Waals surface area contributed by atoms with E-state index in [1.807, 2.05) is 6.92 Å². The molecule has 1 unspecified atom stereocenters. The monoisotopic (exact) mass is 143 g/mol. The number of amidine groups is 1. The lowest BCUT2D eigenvalue weighted by Crippen LogP contribution is -2.49. The van der Waals surface area contributed by atoms with E-state index in [4.69, 9.17) is 10.9 Å². The molecule has 0 radical (unpaired) electrons. The highest BCUT2D eigenvalue weighted by atomic mass is 16.4. The molecular formula is C6H13N3O. The SMILES string of the molecule is CC(/C(N)=N/O)N1CCC1. The second kappa shape index (κ2) is 2.88. The van der Waals surface area contributed by atoms with Crippen molar-refractivity contribution >= 4 is 5.84 Å². The first-order valence-corrected chi connectivity index (χ1v) is 3.47. The van der Waals surface area contributed by atoms with Crippen molar-refractivity contribution in [2.45, 2.75) is 19.4 Å². The first kappa shape index (κ1) is 7.34. The highest BCUT2D eigenvalue weighted by Gasteiger charge is 2.22. The first-order valence-electron chi connectivity index (χ1n) is 3.47. The van der Waals surface area contributed by atoms with Crippen LogP contribution < -0.4 is 5.73 Å². The molecule has 1 saturated heterocycles. The molecule has 1 atom stereocenters. The Balaban J connectivity index is 2.39. The van der Waals surface area contributed by atoms with Gasteiger partial charge in [0, 0.05) is 13.1 Å². The van der Waals surface area contributed by atoms with Crippen LogP contribution in [0.15, 0.2) is 5.16 Å². The summed E-state index contributed by atoms with van der Waals surface area (Å²) in [5.41, 5.74) is 5.39. The Morgan fingerprint density at radius 1 is 1.70 bits per heavy atom. The molecule has 58 valence electrons. The van der Waals surface area contributed by atoms with Gasteiger partial charge in [-0.1, -0.05) is 5.16 Å². The van der Waals surface area contributed by atoms with Crippen LogP contribution in [0.2, 0.25) is 0 Å². The zero-order valence-corrected chi connectivity index (χ0v) is 6.12. The zero-order valence-electron chi connectivity index (χ0n) is 6.12. The van der Waals surface area contributed by atoms with Gasteiger partial charge in [-0.05, 0) is 13.3 Å². The molecule has 1 aliphatic heterocycles. The third-order valence-electron chi connectivity index (χ3n) is 1.98. The summed E-state index contributed by atoms with van der Waals surface area (Å²) in [5, 5.41) is 11.3. The lowest BCUT2D eigenvalue weighted by molar-refractivity contribution is 0.159. The van der Waals surface area contributed by atoms with Crippen LogP contribution in [0, 0.1) is 0 Å². The van der Waals surface area contributed by atoms with Crippen molar-refractivity contribution < 1.29 is 5.21 Å². The molecule has 1 heterocycles. The number of rotatable bonds is 2. The Bertz CT molecular complexity index is 142. The van der Waals surface area contributed by atoms with Crippen molar-refractivity contribution in [2.24, 2.45) is 10.9 Å². The zero-order chi connectivity index (χ0) is 7.56. The second-order valence-corrected chi connectivity index (χ2v) is 2.59. The van der Waals surface area contributed by atoms with E-state index in [1.165, 1.54) is 6.42 Å². The van der Waals surface area contributed by atoms with Gasteiger partial charge in [0.05, 0.1) is 6.04 Å². The standard InChI is InChI=1S/C6H13N3O/c1-5(6(7)8-10)9-3-2-4-9/h5,10H,2-4H2,1H3,(H2,7,8). The molecule has 0 aromatic rings. The number of oxime groups is 1. The third-order valence-corrected chi connectivity index (χ3v) is 1.98. The fourth-order valence-electron chi connectivity index (χ4n) is 0.999. The maximum Gasteiger partial charge on any atom is 0.156 e. The summed E-state index contributed by atoms with van der Waals surface area (Å²) in [5.74, 6) is 0.305. The van der Waals surface area contributed by atoms with E-state index in [0.717, 1.165) is 13.1 Å². The number of likely N-dealkylation sites (tertiary alicyclic amines) is 1. The summed E-state index contributed by atoms with van der Waals surface area (Å²) in [6.45, 7) is 4.07. The van der Waals surface area contributed by atoms with Gasteiger partial charge in [0.2, 0.25) is 0 Å². The summed E-state index contributed by atoms with van der Waals surface area (Å²) in [4.78, 5) is 2.16. The van der Waals surface area contributed by atoms with Crippen molar-refractivity contribution in [1.82, 2.24) is 4.90 Å². The Kier molecular flexibility index (Phi) is 2.11. The van der Waals surface area contributed by atoms with E-state index in [2.05, 4.69) is 10.1 Å². The highest BCUT2D eigenvalue weighted by molar-refractivity contribution is 5.84. The molecule has 1 rings (SSSR count). The third kappa shape index (κ3) is 1.21. The second-order valence-electron chi connectivity index (χ2n) is 2.59. The molecule has 0 amide bonds. The molecule has 0 bridgehead atoms. The van der Waals surface area contributed by atoms with Crippen molar-refractivity contribution in [3.05, 3.63) is 0 Å². The van der Waals surface area contributed by atoms with Crippen LogP contribution in [0.5, 0.6) is 0 Å². The topological polar surface area (TPSA) is 61.9 Å². The first-order chi connectivity index (χ1) is 4.75. The Morgan fingerprint density at radius 2 is 2.30 bits per heavy atom. The highest BCUT2D eigenvalue weighted by Crippen LogP contribution is 2.10. The molecule has 0 saturated carbocycles. The predicted molar refractivity (Wildman–Crippen MR) is 39.1 cm³/mol. The summed E-state index contributed by atoms with van der Waals surface area (Å²) < 4.78 is 0. The Morgan fingerprint density at radius 3 is 2.60 bits per heavy atom. The molecule has 4 nitrogen and oxygen atoms in total. The number of nitrogens with two attached hydrogens (primary N) is 1. The number of hydrogen-bond donors (Lipinski definition) is 2. The maximum atomic E-state index is 8.31.